The molecule has 0 saturated carbocycles. The van der Waals surface area contributed by atoms with Gasteiger partial charge in [-0.05, 0) is 59.8 Å². The van der Waals surface area contributed by atoms with Crippen molar-refractivity contribution in [3.63, 3.8) is 0 Å². The molecule has 0 aliphatic heterocycles. The van der Waals surface area contributed by atoms with Gasteiger partial charge < -0.3 is 29.4 Å². The van der Waals surface area contributed by atoms with Crippen molar-refractivity contribution < 1.29 is 58.1 Å². The van der Waals surface area contributed by atoms with Gasteiger partial charge in [0.2, 0.25) is 0 Å². The molecule has 0 fully saturated rings. The standard InChI is InChI=1S/C42H52N2O12/c1-11-15-27(43-55-19-13-3)31-25(21-41(5,6)33(35(31)45)39(51)53-9)29-23(37(47)48)17-18-24(38(49)50)30(29)26-22-42(7,8)34(40(52)54-10)36(46)32(26)28(16-12-2)44-56-20-14-4/h13-14,17-18,33-34H,3-4,11-12,15-16,19-22H2,1-2,5-10H3,(H,47,48)(H,49,50)/b43-27-,44-28-. The zero-order chi connectivity index (χ0) is 42.1. The molecular formula is C42H52N2O12. The molecule has 56 heavy (non-hydrogen) atoms. The summed E-state index contributed by atoms with van der Waals surface area (Å²) in [5, 5.41) is 30.2. The molecule has 0 aromatic heterocycles. The number of carboxylic acid groups (broad SMARTS) is 2. The van der Waals surface area contributed by atoms with Crippen molar-refractivity contribution >= 4 is 58.0 Å². The highest BCUT2D eigenvalue weighted by Gasteiger charge is 2.52. The molecule has 2 unspecified atom stereocenters. The molecule has 0 amide bonds. The molecule has 2 atom stereocenters. The van der Waals surface area contributed by atoms with E-state index in [1.807, 2.05) is 13.8 Å². The lowest BCUT2D eigenvalue weighted by molar-refractivity contribution is -0.155. The van der Waals surface area contributed by atoms with Gasteiger partial charge in [-0.25, -0.2) is 9.59 Å². The van der Waals surface area contributed by atoms with Crippen LogP contribution < -0.4 is 0 Å². The zero-order valence-electron chi connectivity index (χ0n) is 33.4. The van der Waals surface area contributed by atoms with Crippen molar-refractivity contribution in [2.45, 2.75) is 80.1 Å². The number of nitrogens with zero attached hydrogens (tertiary/aromatic N) is 2. The molecule has 1 aromatic carbocycles. The summed E-state index contributed by atoms with van der Waals surface area (Å²) in [4.78, 5) is 93.9. The number of carbonyl (C=O) groups excluding carboxylic acids is 4. The van der Waals surface area contributed by atoms with Gasteiger partial charge in [-0.1, -0.05) is 90.0 Å². The van der Waals surface area contributed by atoms with Crippen LogP contribution in [0.4, 0.5) is 0 Å². The van der Waals surface area contributed by atoms with Crippen LogP contribution in [0.5, 0.6) is 0 Å². The summed E-state index contributed by atoms with van der Waals surface area (Å²) in [5.74, 6) is -8.75. The zero-order valence-corrected chi connectivity index (χ0v) is 33.4. The van der Waals surface area contributed by atoms with E-state index in [-0.39, 0.29) is 94.9 Å². The summed E-state index contributed by atoms with van der Waals surface area (Å²) in [5.41, 5.74) is -3.46. The van der Waals surface area contributed by atoms with Gasteiger partial charge in [0.05, 0.1) is 36.8 Å². The Hall–Kier alpha value is -5.66. The first-order chi connectivity index (χ1) is 26.4. The topological polar surface area (TPSA) is 205 Å². The van der Waals surface area contributed by atoms with E-state index in [1.54, 1.807) is 27.7 Å². The third-order valence-electron chi connectivity index (χ3n) is 9.88. The Balaban J connectivity index is 2.84. The average molecular weight is 777 g/mol. The molecule has 302 valence electrons. The Bertz CT molecular complexity index is 1790. The van der Waals surface area contributed by atoms with Crippen LogP contribution in [0.25, 0.3) is 11.1 Å². The summed E-state index contributed by atoms with van der Waals surface area (Å²) in [6, 6.07) is 2.26. The number of esters is 2. The minimum absolute atomic E-state index is 0.0433. The summed E-state index contributed by atoms with van der Waals surface area (Å²) < 4.78 is 10.2. The maximum absolute atomic E-state index is 14.8. The number of hydrogen-bond donors (Lipinski definition) is 2. The first-order valence-corrected chi connectivity index (χ1v) is 18.3. The number of ketones is 2. The van der Waals surface area contributed by atoms with Crippen molar-refractivity contribution in [3.8, 4) is 0 Å². The van der Waals surface area contributed by atoms with E-state index in [9.17, 15) is 39.0 Å². The van der Waals surface area contributed by atoms with E-state index in [0.717, 1.165) is 26.4 Å². The molecule has 3 rings (SSSR count). The molecule has 2 N–H and O–H groups in total. The van der Waals surface area contributed by atoms with Crippen LogP contribution in [-0.2, 0) is 38.3 Å². The second-order valence-electron chi connectivity index (χ2n) is 14.9. The number of aromatic carboxylic acids is 2. The quantitative estimate of drug-likeness (QED) is 0.0391. The molecule has 0 bridgehead atoms. The lowest BCUT2D eigenvalue weighted by Gasteiger charge is -2.41. The molecule has 0 radical (unpaired) electrons. The van der Waals surface area contributed by atoms with Crippen molar-refractivity contribution in [2.24, 2.45) is 33.0 Å². The van der Waals surface area contributed by atoms with Gasteiger partial charge in [0.15, 0.2) is 11.6 Å². The van der Waals surface area contributed by atoms with Crippen molar-refractivity contribution in [2.75, 3.05) is 27.4 Å². The Morgan fingerprint density at radius 2 is 1.05 bits per heavy atom. The predicted octanol–water partition coefficient (Wildman–Crippen LogP) is 6.88. The maximum Gasteiger partial charge on any atom is 0.336 e. The minimum atomic E-state index is -1.46. The Morgan fingerprint density at radius 1 is 0.714 bits per heavy atom. The molecule has 0 heterocycles. The van der Waals surface area contributed by atoms with Crippen LogP contribution in [-0.4, -0.2) is 84.5 Å². The van der Waals surface area contributed by atoms with Gasteiger partial charge >= 0.3 is 23.9 Å². The van der Waals surface area contributed by atoms with Crippen molar-refractivity contribution in [1.29, 1.82) is 0 Å². The minimum Gasteiger partial charge on any atom is -0.478 e. The molecular weight excluding hydrogens is 724 g/mol. The normalized spacial score (nSPS) is 19.6. The van der Waals surface area contributed by atoms with Crippen molar-refractivity contribution in [3.05, 3.63) is 70.8 Å². The number of Topliss-reactive ketones (excluding diaryl/α,β-unsaturated/α-hetero) is 2. The molecule has 1 aromatic rings. The second kappa shape index (κ2) is 18.8. The van der Waals surface area contributed by atoms with Crippen LogP contribution in [0, 0.1) is 22.7 Å². The molecule has 0 spiro atoms. The number of allylic oxidation sites excluding steroid dienone is 4. The van der Waals surface area contributed by atoms with E-state index < -0.39 is 58.1 Å². The van der Waals surface area contributed by atoms with Crippen LogP contribution >= 0.6 is 0 Å². The van der Waals surface area contributed by atoms with Crippen LogP contribution in [0.3, 0.4) is 0 Å². The van der Waals surface area contributed by atoms with Gasteiger partial charge in [0, 0.05) is 22.3 Å². The Morgan fingerprint density at radius 3 is 1.32 bits per heavy atom. The van der Waals surface area contributed by atoms with Gasteiger partial charge in [0.1, 0.15) is 25.0 Å². The van der Waals surface area contributed by atoms with E-state index in [4.69, 9.17) is 19.1 Å². The Labute approximate surface area is 327 Å². The summed E-state index contributed by atoms with van der Waals surface area (Å²) in [7, 11) is 2.31. The molecule has 14 heteroatoms. The molecule has 2 aliphatic carbocycles. The first kappa shape index (κ1) is 44.7. The monoisotopic (exact) mass is 776 g/mol. The summed E-state index contributed by atoms with van der Waals surface area (Å²) in [6.45, 7) is 17.4. The third kappa shape index (κ3) is 9.06. The van der Waals surface area contributed by atoms with Crippen LogP contribution in [0.2, 0.25) is 0 Å². The van der Waals surface area contributed by atoms with Crippen LogP contribution in [0.1, 0.15) is 112 Å². The van der Waals surface area contributed by atoms with Crippen molar-refractivity contribution in [1.82, 2.24) is 0 Å². The second-order valence-corrected chi connectivity index (χ2v) is 14.9. The van der Waals surface area contributed by atoms with E-state index in [0.29, 0.717) is 12.8 Å². The molecule has 2 aliphatic rings. The summed E-state index contributed by atoms with van der Waals surface area (Å²) in [6.07, 6.45) is 3.75. The Kier molecular flexibility index (Phi) is 15.0. The lowest BCUT2D eigenvalue weighted by Crippen LogP contribution is -2.45. The fourth-order valence-electron chi connectivity index (χ4n) is 7.56. The number of benzene rings is 1. The average Bonchev–Trinajstić information content (AvgIpc) is 3.12. The van der Waals surface area contributed by atoms with Crippen LogP contribution in [0.15, 0.2) is 58.9 Å². The lowest BCUT2D eigenvalue weighted by atomic mass is 9.60. The van der Waals surface area contributed by atoms with Gasteiger partial charge in [-0.3, -0.25) is 19.2 Å². The van der Waals surface area contributed by atoms with E-state index in [2.05, 4.69) is 23.5 Å². The van der Waals surface area contributed by atoms with Gasteiger partial charge in [-0.2, -0.15) is 0 Å². The largest absolute Gasteiger partial charge is 0.478 e. The SMILES string of the molecule is C=CCO/N=C(/CCC)C1=C(c2c(C(=O)O)ccc(C(=O)O)c2C2=C(/C(CCC)=N\OCC=C)C(=O)C(C(=O)OC)C(C)(C)C2)CC(C)(C)C(C(=O)OC)C1=O. The molecule has 14 nitrogen and oxygen atoms in total. The number of methoxy groups -OCH3 is 2. The van der Waals surface area contributed by atoms with Gasteiger partial charge in [-0.15, -0.1) is 0 Å². The number of ether oxygens (including phenoxy) is 2. The number of oxime groups is 2. The summed E-state index contributed by atoms with van der Waals surface area (Å²) >= 11 is 0. The van der Waals surface area contributed by atoms with E-state index in [1.165, 1.54) is 12.2 Å². The fraction of sp³-hybridized carbons (Fsp3) is 0.476. The number of hydrogen-bond acceptors (Lipinski definition) is 12. The number of carbonyl (C=O) groups is 6. The molecule has 0 saturated heterocycles. The maximum atomic E-state index is 14.8. The smallest absolute Gasteiger partial charge is 0.336 e. The fourth-order valence-corrected chi connectivity index (χ4v) is 7.56. The number of carboxylic acids is 2. The first-order valence-electron chi connectivity index (χ1n) is 18.3. The number of rotatable bonds is 18. The highest BCUT2D eigenvalue weighted by Crippen LogP contribution is 2.52. The highest BCUT2D eigenvalue weighted by atomic mass is 16.6. The highest BCUT2D eigenvalue weighted by molar-refractivity contribution is 6.34. The predicted molar refractivity (Wildman–Crippen MR) is 209 cm³/mol. The van der Waals surface area contributed by atoms with E-state index >= 15 is 0 Å². The van der Waals surface area contributed by atoms with Gasteiger partial charge in [0.25, 0.3) is 0 Å². The third-order valence-corrected chi connectivity index (χ3v) is 9.88.